The van der Waals surface area contributed by atoms with Crippen molar-refractivity contribution in [3.63, 3.8) is 0 Å². The molecule has 1 aliphatic heterocycles. The molecule has 0 fully saturated rings. The van der Waals surface area contributed by atoms with Crippen molar-refractivity contribution in [1.29, 1.82) is 0 Å². The molecule has 1 heterocycles. The predicted molar refractivity (Wildman–Crippen MR) is 50.1 cm³/mol. The molecule has 69 valence electrons. The first-order valence-corrected chi connectivity index (χ1v) is 3.95. The summed E-state index contributed by atoms with van der Waals surface area (Å²) in [5.74, 6) is 0. The summed E-state index contributed by atoms with van der Waals surface area (Å²) in [4.78, 5) is 4.53. The van der Waals surface area contributed by atoms with E-state index in [9.17, 15) is 0 Å². The van der Waals surface area contributed by atoms with Crippen molar-refractivity contribution in [3.05, 3.63) is 12.4 Å². The minimum Gasteiger partial charge on any atom is -0.362 e. The van der Waals surface area contributed by atoms with E-state index in [-0.39, 0.29) is 40.1 Å². The van der Waals surface area contributed by atoms with E-state index in [1.54, 1.807) is 0 Å². The van der Waals surface area contributed by atoms with Gasteiger partial charge in [-0.25, -0.2) is 0 Å². The van der Waals surface area contributed by atoms with Crippen LogP contribution in [0.25, 0.3) is 0 Å². The Morgan fingerprint density at radius 3 is 2.42 bits per heavy atom. The first-order valence-electron chi connectivity index (χ1n) is 3.95. The summed E-state index contributed by atoms with van der Waals surface area (Å²) >= 11 is 0. The van der Waals surface area contributed by atoms with Gasteiger partial charge in [-0.3, -0.25) is 0 Å². The second-order valence-corrected chi connectivity index (χ2v) is 2.86. The molecule has 0 N–H and O–H groups in total. The van der Waals surface area contributed by atoms with Crippen molar-refractivity contribution in [2.75, 3.05) is 20.3 Å². The van der Waals surface area contributed by atoms with Gasteiger partial charge in [-0.05, 0) is 6.42 Å². The monoisotopic (exact) mass is 245 g/mol. The van der Waals surface area contributed by atoms with Gasteiger partial charge in [0.2, 0.25) is 0 Å². The third kappa shape index (κ3) is 5.15. The Morgan fingerprint density at radius 2 is 2.00 bits per heavy atom. The van der Waals surface area contributed by atoms with E-state index in [0.29, 0.717) is 0 Å². The van der Waals surface area contributed by atoms with Crippen molar-refractivity contribution in [1.82, 2.24) is 9.80 Å². The van der Waals surface area contributed by atoms with Gasteiger partial charge in [0.05, 0.1) is 6.67 Å². The Bertz CT molecular complexity index is 126. The van der Waals surface area contributed by atoms with Crippen molar-refractivity contribution in [3.8, 4) is 0 Å². The fourth-order valence-corrected chi connectivity index (χ4v) is 1.10. The number of unbranched alkanes of at least 4 members (excludes halogenated alkanes) is 1. The van der Waals surface area contributed by atoms with Crippen molar-refractivity contribution in [2.45, 2.75) is 27.2 Å². The summed E-state index contributed by atoms with van der Waals surface area (Å²) in [5.41, 5.74) is 0. The molecule has 0 saturated heterocycles. The van der Waals surface area contributed by atoms with E-state index in [0.717, 1.165) is 6.67 Å². The standard InChI is InChI=1S/C8H16N2.CH4.Y/c1-3-4-5-10-7-6-9(2)8-10;;/h6-7H,3-5,8H2,1-2H3;1H4;. The summed E-state index contributed by atoms with van der Waals surface area (Å²) in [7, 11) is 2.10. The van der Waals surface area contributed by atoms with Gasteiger partial charge < -0.3 is 9.80 Å². The average Bonchev–Trinajstić information content (AvgIpc) is 2.31. The quantitative estimate of drug-likeness (QED) is 0.751. The molecule has 0 atom stereocenters. The maximum Gasteiger partial charge on any atom is 0.0890 e. The molecule has 3 heteroatoms. The van der Waals surface area contributed by atoms with Gasteiger partial charge in [-0.1, -0.05) is 20.8 Å². The third-order valence-electron chi connectivity index (χ3n) is 1.74. The van der Waals surface area contributed by atoms with Crippen LogP contribution in [0.3, 0.4) is 0 Å². The molecule has 0 aliphatic carbocycles. The van der Waals surface area contributed by atoms with Crippen LogP contribution in [-0.2, 0) is 32.7 Å². The van der Waals surface area contributed by atoms with E-state index in [2.05, 4.69) is 36.2 Å². The van der Waals surface area contributed by atoms with Crippen molar-refractivity contribution in [2.24, 2.45) is 0 Å². The summed E-state index contributed by atoms with van der Waals surface area (Å²) in [6.45, 7) is 4.50. The summed E-state index contributed by atoms with van der Waals surface area (Å²) in [5, 5.41) is 0. The SMILES string of the molecule is C.CCCCN1C=CN(C)C1.[Y]. The van der Waals surface area contributed by atoms with Gasteiger partial charge >= 0.3 is 0 Å². The average molecular weight is 245 g/mol. The number of nitrogens with zero attached hydrogens (tertiary/aromatic N) is 2. The van der Waals surface area contributed by atoms with E-state index < -0.39 is 0 Å². The van der Waals surface area contributed by atoms with Gasteiger partial charge in [0, 0.05) is 58.7 Å². The molecule has 2 nitrogen and oxygen atoms in total. The molecule has 0 amide bonds. The van der Waals surface area contributed by atoms with E-state index in [1.807, 2.05) is 0 Å². The predicted octanol–water partition coefficient (Wildman–Crippen LogP) is 2.10. The zero-order valence-corrected chi connectivity index (χ0v) is 10.3. The molecule has 1 radical (unpaired) electrons. The van der Waals surface area contributed by atoms with Crippen LogP contribution in [0.1, 0.15) is 27.2 Å². The van der Waals surface area contributed by atoms with Crippen LogP contribution < -0.4 is 0 Å². The summed E-state index contributed by atoms with van der Waals surface area (Å²) in [6, 6.07) is 0. The molecule has 0 aromatic carbocycles. The first-order chi connectivity index (χ1) is 4.83. The number of hydrogen-bond acceptors (Lipinski definition) is 2. The van der Waals surface area contributed by atoms with Gasteiger partial charge in [-0.2, -0.15) is 0 Å². The van der Waals surface area contributed by atoms with Gasteiger partial charge in [0.15, 0.2) is 0 Å². The molecular formula is C9H20N2Y. The van der Waals surface area contributed by atoms with Crippen LogP contribution >= 0.6 is 0 Å². The van der Waals surface area contributed by atoms with Crippen LogP contribution in [0.2, 0.25) is 0 Å². The topological polar surface area (TPSA) is 6.48 Å². The molecule has 0 aromatic rings. The normalized spacial score (nSPS) is 14.2. The molecule has 0 saturated carbocycles. The molecular weight excluding hydrogens is 225 g/mol. The maximum absolute atomic E-state index is 2.34. The first kappa shape index (κ1) is 14.9. The summed E-state index contributed by atoms with van der Waals surface area (Å²) in [6.07, 6.45) is 6.87. The molecule has 12 heavy (non-hydrogen) atoms. The minimum atomic E-state index is 0. The third-order valence-corrected chi connectivity index (χ3v) is 1.74. The largest absolute Gasteiger partial charge is 0.362 e. The van der Waals surface area contributed by atoms with Crippen molar-refractivity contribution >= 4 is 0 Å². The van der Waals surface area contributed by atoms with Crippen LogP contribution in [0.5, 0.6) is 0 Å². The Morgan fingerprint density at radius 1 is 1.33 bits per heavy atom. The Balaban J connectivity index is 0. The smallest absolute Gasteiger partial charge is 0.0890 e. The molecule has 0 unspecified atom stereocenters. The molecule has 1 aliphatic rings. The molecule has 1 rings (SSSR count). The maximum atomic E-state index is 2.34. The Labute approximate surface area is 102 Å². The summed E-state index contributed by atoms with van der Waals surface area (Å²) < 4.78 is 0. The van der Waals surface area contributed by atoms with Crippen LogP contribution in [0.4, 0.5) is 0 Å². The van der Waals surface area contributed by atoms with E-state index in [1.165, 1.54) is 19.4 Å². The molecule has 0 bridgehead atoms. The van der Waals surface area contributed by atoms with E-state index in [4.69, 9.17) is 0 Å². The molecule has 0 aromatic heterocycles. The van der Waals surface area contributed by atoms with Crippen LogP contribution in [0, 0.1) is 0 Å². The van der Waals surface area contributed by atoms with Gasteiger partial charge in [0.25, 0.3) is 0 Å². The van der Waals surface area contributed by atoms with Crippen LogP contribution in [-0.4, -0.2) is 30.1 Å². The van der Waals surface area contributed by atoms with Crippen molar-refractivity contribution < 1.29 is 32.7 Å². The molecule has 0 spiro atoms. The zero-order valence-electron chi connectivity index (χ0n) is 7.45. The second-order valence-electron chi connectivity index (χ2n) is 2.86. The zero-order chi connectivity index (χ0) is 7.40. The minimum absolute atomic E-state index is 0. The fourth-order valence-electron chi connectivity index (χ4n) is 1.10. The second kappa shape index (κ2) is 8.06. The van der Waals surface area contributed by atoms with Gasteiger partial charge in [-0.15, -0.1) is 0 Å². The van der Waals surface area contributed by atoms with E-state index >= 15 is 0 Å². The van der Waals surface area contributed by atoms with Gasteiger partial charge in [0.1, 0.15) is 0 Å². The fraction of sp³-hybridized carbons (Fsp3) is 0.778. The Hall–Kier alpha value is 0.444. The van der Waals surface area contributed by atoms with Crippen LogP contribution in [0.15, 0.2) is 12.4 Å². The Kier molecular flexibility index (Phi) is 10.0. The number of rotatable bonds is 3. The number of hydrogen-bond donors (Lipinski definition) is 0.